The predicted molar refractivity (Wildman–Crippen MR) is 70.6 cm³/mol. The van der Waals surface area contributed by atoms with Gasteiger partial charge in [-0.2, -0.15) is 0 Å². The lowest BCUT2D eigenvalue weighted by Gasteiger charge is -2.21. The van der Waals surface area contributed by atoms with Crippen LogP contribution in [0.3, 0.4) is 0 Å². The maximum atomic E-state index is 11.5. The highest BCUT2D eigenvalue weighted by Crippen LogP contribution is 2.06. The Balaban J connectivity index is 2.51. The Morgan fingerprint density at radius 1 is 1.21 bits per heavy atom. The largest absolute Gasteiger partial charge is 0.481 e. The van der Waals surface area contributed by atoms with Gasteiger partial charge >= 0.3 is 5.97 Å². The van der Waals surface area contributed by atoms with Crippen molar-refractivity contribution >= 4 is 11.9 Å². The van der Waals surface area contributed by atoms with Gasteiger partial charge in [-0.15, -0.1) is 0 Å². The van der Waals surface area contributed by atoms with Crippen LogP contribution in [0, 0.1) is 5.92 Å². The van der Waals surface area contributed by atoms with Gasteiger partial charge in [-0.25, -0.2) is 0 Å². The second kappa shape index (κ2) is 6.89. The van der Waals surface area contributed by atoms with Gasteiger partial charge in [0, 0.05) is 6.42 Å². The number of nitrogens with one attached hydrogen (secondary N) is 1. The number of hydrogen-bond donors (Lipinski definition) is 3. The van der Waals surface area contributed by atoms with Crippen molar-refractivity contribution in [2.24, 2.45) is 5.92 Å². The second-order valence-corrected chi connectivity index (χ2v) is 4.61. The normalized spacial score (nSPS) is 15.3. The van der Waals surface area contributed by atoms with Crippen LogP contribution in [-0.4, -0.2) is 34.2 Å². The number of aliphatic carboxylic acids is 1. The maximum absolute atomic E-state index is 11.5. The van der Waals surface area contributed by atoms with Crippen molar-refractivity contribution in [1.82, 2.24) is 5.32 Å². The van der Waals surface area contributed by atoms with Crippen LogP contribution in [0.15, 0.2) is 30.3 Å². The van der Waals surface area contributed by atoms with E-state index in [2.05, 4.69) is 5.32 Å². The van der Waals surface area contributed by atoms with Crippen LogP contribution in [-0.2, 0) is 16.0 Å². The molecule has 1 aromatic rings. The molecule has 0 saturated carbocycles. The first-order valence-corrected chi connectivity index (χ1v) is 6.17. The number of carbonyl (C=O) groups is 2. The van der Waals surface area contributed by atoms with Gasteiger partial charge in [0.05, 0.1) is 12.1 Å². The van der Waals surface area contributed by atoms with Gasteiger partial charge in [-0.1, -0.05) is 30.3 Å². The summed E-state index contributed by atoms with van der Waals surface area (Å²) in [5, 5.41) is 21.2. The summed E-state index contributed by atoms with van der Waals surface area (Å²) in [5.41, 5.74) is 0.961. The summed E-state index contributed by atoms with van der Waals surface area (Å²) in [5.74, 6) is -2.89. The molecule has 0 heterocycles. The van der Waals surface area contributed by atoms with Gasteiger partial charge in [0.2, 0.25) is 5.91 Å². The third-order valence-electron chi connectivity index (χ3n) is 3.00. The second-order valence-electron chi connectivity index (χ2n) is 4.61. The lowest BCUT2D eigenvalue weighted by molar-refractivity contribution is -0.146. The van der Waals surface area contributed by atoms with Gasteiger partial charge < -0.3 is 15.5 Å². The van der Waals surface area contributed by atoms with Gasteiger partial charge in [-0.05, 0) is 19.4 Å². The number of carbonyl (C=O) groups excluding carboxylic acids is 1. The van der Waals surface area contributed by atoms with E-state index in [1.54, 1.807) is 6.92 Å². The van der Waals surface area contributed by atoms with Crippen LogP contribution >= 0.6 is 0 Å². The number of amides is 1. The van der Waals surface area contributed by atoms with Crippen LogP contribution < -0.4 is 5.32 Å². The summed E-state index contributed by atoms with van der Waals surface area (Å²) < 4.78 is 0. The predicted octanol–water partition coefficient (Wildman–Crippen LogP) is 0.815. The number of benzene rings is 1. The Kier molecular flexibility index (Phi) is 5.51. The molecular weight excluding hydrogens is 246 g/mol. The molecule has 0 aliphatic rings. The van der Waals surface area contributed by atoms with Crippen molar-refractivity contribution in [2.75, 3.05) is 0 Å². The fraction of sp³-hybridized carbons (Fsp3) is 0.429. The minimum Gasteiger partial charge on any atom is -0.481 e. The van der Waals surface area contributed by atoms with Crippen molar-refractivity contribution in [1.29, 1.82) is 0 Å². The zero-order valence-corrected chi connectivity index (χ0v) is 11.0. The van der Waals surface area contributed by atoms with E-state index >= 15 is 0 Å². The topological polar surface area (TPSA) is 86.6 Å². The van der Waals surface area contributed by atoms with E-state index in [9.17, 15) is 14.7 Å². The molecule has 0 aliphatic carbocycles. The molecule has 0 saturated heterocycles. The number of hydrogen-bond acceptors (Lipinski definition) is 3. The van der Waals surface area contributed by atoms with Crippen LogP contribution in [0.25, 0.3) is 0 Å². The maximum Gasteiger partial charge on any atom is 0.315 e. The summed E-state index contributed by atoms with van der Waals surface area (Å²) in [6.07, 6.45) is -0.351. The van der Waals surface area contributed by atoms with E-state index in [4.69, 9.17) is 5.11 Å². The van der Waals surface area contributed by atoms with Gasteiger partial charge in [0.25, 0.3) is 0 Å². The summed E-state index contributed by atoms with van der Waals surface area (Å²) in [6, 6.07) is 8.90. The molecule has 104 valence electrons. The smallest absolute Gasteiger partial charge is 0.315 e. The monoisotopic (exact) mass is 265 g/mol. The molecule has 0 spiro atoms. The first-order chi connectivity index (χ1) is 8.91. The standard InChI is InChI=1S/C14H19NO4/c1-9(14(18)19)13(17)15-10(2)12(16)8-11-6-4-3-5-7-11/h3-7,9-10,12,16H,8H2,1-2H3,(H,15,17)(H,18,19). The van der Waals surface area contributed by atoms with Crippen molar-refractivity contribution in [3.8, 4) is 0 Å². The van der Waals surface area contributed by atoms with E-state index < -0.39 is 29.9 Å². The van der Waals surface area contributed by atoms with Crippen LogP contribution in [0.1, 0.15) is 19.4 Å². The highest BCUT2D eigenvalue weighted by atomic mass is 16.4. The van der Waals surface area contributed by atoms with Gasteiger partial charge in [0.1, 0.15) is 5.92 Å². The third-order valence-corrected chi connectivity index (χ3v) is 3.00. The number of aliphatic hydroxyl groups is 1. The highest BCUT2D eigenvalue weighted by molar-refractivity contribution is 5.96. The molecule has 0 radical (unpaired) electrons. The van der Waals surface area contributed by atoms with Crippen LogP contribution in [0.5, 0.6) is 0 Å². The zero-order chi connectivity index (χ0) is 14.4. The Labute approximate surface area is 112 Å². The molecule has 0 aliphatic heterocycles. The van der Waals surface area contributed by atoms with Crippen LogP contribution in [0.2, 0.25) is 0 Å². The summed E-state index contributed by atoms with van der Waals surface area (Å²) >= 11 is 0. The molecule has 0 fully saturated rings. The molecule has 0 bridgehead atoms. The minimum atomic E-state index is -1.18. The molecule has 5 nitrogen and oxygen atoms in total. The Hall–Kier alpha value is -1.88. The molecule has 3 N–H and O–H groups in total. The minimum absolute atomic E-state index is 0.406. The van der Waals surface area contributed by atoms with Crippen molar-refractivity contribution in [3.05, 3.63) is 35.9 Å². The average Bonchev–Trinajstić information content (AvgIpc) is 2.38. The van der Waals surface area contributed by atoms with Crippen molar-refractivity contribution < 1.29 is 19.8 Å². The lowest BCUT2D eigenvalue weighted by Crippen LogP contribution is -2.45. The first kappa shape index (κ1) is 15.2. The molecule has 3 atom stereocenters. The number of rotatable bonds is 6. The fourth-order valence-electron chi connectivity index (χ4n) is 1.59. The molecular formula is C14H19NO4. The number of carboxylic acids is 1. The quantitative estimate of drug-likeness (QED) is 0.664. The summed E-state index contributed by atoms with van der Waals surface area (Å²) in [6.45, 7) is 2.97. The van der Waals surface area contributed by atoms with E-state index in [1.165, 1.54) is 6.92 Å². The molecule has 0 aromatic heterocycles. The van der Waals surface area contributed by atoms with E-state index in [0.29, 0.717) is 6.42 Å². The van der Waals surface area contributed by atoms with Gasteiger partial charge in [0.15, 0.2) is 0 Å². The lowest BCUT2D eigenvalue weighted by atomic mass is 10.0. The Bertz CT molecular complexity index is 432. The van der Waals surface area contributed by atoms with E-state index in [-0.39, 0.29) is 0 Å². The zero-order valence-electron chi connectivity index (χ0n) is 11.0. The molecule has 19 heavy (non-hydrogen) atoms. The molecule has 5 heteroatoms. The highest BCUT2D eigenvalue weighted by Gasteiger charge is 2.24. The molecule has 1 amide bonds. The third kappa shape index (κ3) is 4.71. The van der Waals surface area contributed by atoms with Gasteiger partial charge in [-0.3, -0.25) is 9.59 Å². The summed E-state index contributed by atoms with van der Waals surface area (Å²) in [7, 11) is 0. The number of aliphatic hydroxyl groups excluding tert-OH is 1. The summed E-state index contributed by atoms with van der Waals surface area (Å²) in [4.78, 5) is 22.2. The fourth-order valence-corrected chi connectivity index (χ4v) is 1.59. The van der Waals surface area contributed by atoms with E-state index in [0.717, 1.165) is 5.56 Å². The Morgan fingerprint density at radius 3 is 2.32 bits per heavy atom. The van der Waals surface area contributed by atoms with E-state index in [1.807, 2.05) is 30.3 Å². The van der Waals surface area contributed by atoms with Crippen molar-refractivity contribution in [2.45, 2.75) is 32.4 Å². The first-order valence-electron chi connectivity index (χ1n) is 6.17. The SMILES string of the molecule is CC(C(=O)O)C(=O)NC(C)C(O)Cc1ccccc1. The van der Waals surface area contributed by atoms with Crippen molar-refractivity contribution in [3.63, 3.8) is 0 Å². The Morgan fingerprint density at radius 2 is 1.79 bits per heavy atom. The molecule has 1 aromatic carbocycles. The van der Waals surface area contributed by atoms with Crippen LogP contribution in [0.4, 0.5) is 0 Å². The average molecular weight is 265 g/mol. The molecule has 3 unspecified atom stereocenters. The molecule has 1 rings (SSSR count). The number of carboxylic acid groups (broad SMARTS) is 1.